The number of fused-ring (bicyclic) bond motifs is 1. The normalized spacial score (nSPS) is 13.6. The number of aromatic nitrogens is 2. The number of nitrogens with zero attached hydrogens (tertiary/aromatic N) is 3. The monoisotopic (exact) mass is 486 g/mol. The average molecular weight is 487 g/mol. The summed E-state index contributed by atoms with van der Waals surface area (Å²) in [6, 6.07) is 14.2. The molecule has 33 heavy (non-hydrogen) atoms. The standard InChI is InChI=1S/C22H22N4O5S2/c1-3-32(28,29)22-11-9-20(23-24-22)16-4-6-18(7-5-16)25-33(30,31)19-8-10-21-17(14-19)12-13-26(21)15(2)27/h4-11,14,25H,3,12-13H2,1-2H3. The van der Waals surface area contributed by atoms with Crippen molar-refractivity contribution in [1.29, 1.82) is 0 Å². The van der Waals surface area contributed by atoms with Gasteiger partial charge in [-0.3, -0.25) is 9.52 Å². The first-order valence-corrected chi connectivity index (χ1v) is 13.3. The zero-order chi connectivity index (χ0) is 23.8. The molecule has 0 saturated carbocycles. The number of rotatable bonds is 6. The smallest absolute Gasteiger partial charge is 0.261 e. The third-order valence-electron chi connectivity index (χ3n) is 5.41. The Morgan fingerprint density at radius 1 is 1.00 bits per heavy atom. The van der Waals surface area contributed by atoms with Crippen molar-refractivity contribution in [2.75, 3.05) is 21.9 Å². The van der Waals surface area contributed by atoms with Crippen molar-refractivity contribution < 1.29 is 21.6 Å². The molecule has 0 unspecified atom stereocenters. The van der Waals surface area contributed by atoms with E-state index in [0.717, 1.165) is 11.3 Å². The summed E-state index contributed by atoms with van der Waals surface area (Å²) >= 11 is 0. The van der Waals surface area contributed by atoms with E-state index in [-0.39, 0.29) is 21.6 Å². The van der Waals surface area contributed by atoms with Gasteiger partial charge in [0.2, 0.25) is 5.91 Å². The number of sulfonamides is 1. The largest absolute Gasteiger partial charge is 0.312 e. The van der Waals surface area contributed by atoms with Gasteiger partial charge in [-0.05, 0) is 54.4 Å². The fraction of sp³-hybridized carbons (Fsp3) is 0.227. The lowest BCUT2D eigenvalue weighted by Gasteiger charge is -2.15. The number of carbonyl (C=O) groups excluding carboxylic acids is 1. The maximum Gasteiger partial charge on any atom is 0.261 e. The van der Waals surface area contributed by atoms with E-state index in [2.05, 4.69) is 14.9 Å². The minimum absolute atomic E-state index is 0.0604. The number of nitrogens with one attached hydrogen (secondary N) is 1. The highest BCUT2D eigenvalue weighted by Gasteiger charge is 2.25. The SMILES string of the molecule is CCS(=O)(=O)c1ccc(-c2ccc(NS(=O)(=O)c3ccc4c(c3)CCN4C(C)=O)cc2)nn1. The molecule has 0 saturated heterocycles. The Kier molecular flexibility index (Phi) is 5.93. The van der Waals surface area contributed by atoms with Gasteiger partial charge in [-0.1, -0.05) is 19.1 Å². The van der Waals surface area contributed by atoms with E-state index in [1.165, 1.54) is 26.0 Å². The average Bonchev–Trinajstić information content (AvgIpc) is 3.23. The summed E-state index contributed by atoms with van der Waals surface area (Å²) in [5.41, 5.74) is 3.05. The number of anilines is 2. The van der Waals surface area contributed by atoms with Gasteiger partial charge in [0.25, 0.3) is 10.0 Å². The molecule has 1 aliphatic heterocycles. The molecular formula is C22H22N4O5S2. The zero-order valence-electron chi connectivity index (χ0n) is 18.0. The van der Waals surface area contributed by atoms with Crippen LogP contribution in [0.1, 0.15) is 19.4 Å². The van der Waals surface area contributed by atoms with Crippen molar-refractivity contribution in [2.45, 2.75) is 30.2 Å². The molecule has 4 rings (SSSR count). The molecule has 1 aromatic heterocycles. The van der Waals surface area contributed by atoms with Crippen molar-refractivity contribution >= 4 is 37.1 Å². The summed E-state index contributed by atoms with van der Waals surface area (Å²) < 4.78 is 52.0. The Hall–Kier alpha value is -3.31. The molecule has 1 amide bonds. The predicted molar refractivity (Wildman–Crippen MR) is 124 cm³/mol. The van der Waals surface area contributed by atoms with E-state index >= 15 is 0 Å². The first kappa shape index (κ1) is 22.9. The van der Waals surface area contributed by atoms with E-state index in [9.17, 15) is 21.6 Å². The molecule has 0 atom stereocenters. The number of hydrogen-bond acceptors (Lipinski definition) is 7. The van der Waals surface area contributed by atoms with E-state index < -0.39 is 19.9 Å². The van der Waals surface area contributed by atoms with Crippen LogP contribution in [0, 0.1) is 0 Å². The number of benzene rings is 2. The maximum absolute atomic E-state index is 12.9. The van der Waals surface area contributed by atoms with Gasteiger partial charge in [-0.15, -0.1) is 10.2 Å². The van der Waals surface area contributed by atoms with Gasteiger partial charge < -0.3 is 4.90 Å². The van der Waals surface area contributed by atoms with Crippen LogP contribution in [0.2, 0.25) is 0 Å². The van der Waals surface area contributed by atoms with E-state index in [4.69, 9.17) is 0 Å². The molecule has 0 spiro atoms. The van der Waals surface area contributed by atoms with E-state index in [1.807, 2.05) is 0 Å². The fourth-order valence-electron chi connectivity index (χ4n) is 3.58. The van der Waals surface area contributed by atoms with Crippen molar-refractivity contribution in [2.24, 2.45) is 0 Å². The molecule has 2 heterocycles. The number of hydrogen-bond donors (Lipinski definition) is 1. The van der Waals surface area contributed by atoms with Gasteiger partial charge in [0, 0.05) is 30.4 Å². The lowest BCUT2D eigenvalue weighted by molar-refractivity contribution is -0.116. The third kappa shape index (κ3) is 4.60. The molecule has 1 N–H and O–H groups in total. The highest BCUT2D eigenvalue weighted by atomic mass is 32.2. The molecule has 172 valence electrons. The highest BCUT2D eigenvalue weighted by Crippen LogP contribution is 2.31. The Balaban J connectivity index is 1.52. The van der Waals surface area contributed by atoms with Gasteiger partial charge in [0.05, 0.1) is 16.3 Å². The molecule has 1 aliphatic rings. The van der Waals surface area contributed by atoms with Crippen LogP contribution in [0.4, 0.5) is 11.4 Å². The molecule has 0 fully saturated rings. The first-order valence-electron chi connectivity index (χ1n) is 10.2. The van der Waals surface area contributed by atoms with Crippen molar-refractivity contribution in [3.8, 4) is 11.3 Å². The van der Waals surface area contributed by atoms with Gasteiger partial charge in [0.1, 0.15) is 0 Å². The molecule has 9 nitrogen and oxygen atoms in total. The van der Waals surface area contributed by atoms with Crippen LogP contribution in [-0.2, 0) is 31.1 Å². The number of amides is 1. The Labute approximate surface area is 192 Å². The summed E-state index contributed by atoms with van der Waals surface area (Å²) in [6.45, 7) is 3.56. The van der Waals surface area contributed by atoms with Crippen LogP contribution in [0.15, 0.2) is 64.5 Å². The Bertz CT molecular complexity index is 1420. The minimum atomic E-state index is -3.82. The molecule has 0 bridgehead atoms. The van der Waals surface area contributed by atoms with Crippen LogP contribution in [-0.4, -0.2) is 45.2 Å². The van der Waals surface area contributed by atoms with Gasteiger partial charge in [-0.25, -0.2) is 16.8 Å². The second-order valence-electron chi connectivity index (χ2n) is 7.55. The fourth-order valence-corrected chi connectivity index (χ4v) is 5.43. The van der Waals surface area contributed by atoms with Crippen LogP contribution < -0.4 is 9.62 Å². The molecule has 0 aliphatic carbocycles. The van der Waals surface area contributed by atoms with Gasteiger partial charge in [0.15, 0.2) is 14.9 Å². The second-order valence-corrected chi connectivity index (χ2v) is 11.5. The number of sulfone groups is 1. The summed E-state index contributed by atoms with van der Waals surface area (Å²) in [7, 11) is -7.25. The quantitative estimate of drug-likeness (QED) is 0.567. The second kappa shape index (κ2) is 8.56. The van der Waals surface area contributed by atoms with E-state index in [0.29, 0.717) is 29.9 Å². The zero-order valence-corrected chi connectivity index (χ0v) is 19.6. The first-order chi connectivity index (χ1) is 15.6. The van der Waals surface area contributed by atoms with Crippen LogP contribution in [0.3, 0.4) is 0 Å². The summed E-state index contributed by atoms with van der Waals surface area (Å²) in [5.74, 6) is -0.136. The molecular weight excluding hydrogens is 464 g/mol. The van der Waals surface area contributed by atoms with Crippen molar-refractivity contribution in [3.63, 3.8) is 0 Å². The predicted octanol–water partition coefficient (Wildman–Crippen LogP) is 2.65. The summed E-state index contributed by atoms with van der Waals surface area (Å²) in [6.07, 6.45) is 0.604. The number of carbonyl (C=O) groups is 1. The molecule has 2 aromatic carbocycles. The topological polar surface area (TPSA) is 126 Å². The lowest BCUT2D eigenvalue weighted by Crippen LogP contribution is -2.25. The van der Waals surface area contributed by atoms with Gasteiger partial charge in [-0.2, -0.15) is 0 Å². The van der Waals surface area contributed by atoms with Crippen LogP contribution in [0.25, 0.3) is 11.3 Å². The third-order valence-corrected chi connectivity index (χ3v) is 8.40. The Morgan fingerprint density at radius 3 is 2.33 bits per heavy atom. The lowest BCUT2D eigenvalue weighted by atomic mass is 10.1. The summed E-state index contributed by atoms with van der Waals surface area (Å²) in [4.78, 5) is 13.4. The molecule has 3 aromatic rings. The van der Waals surface area contributed by atoms with Crippen LogP contribution in [0.5, 0.6) is 0 Å². The van der Waals surface area contributed by atoms with Gasteiger partial charge >= 0.3 is 0 Å². The molecule has 11 heteroatoms. The van der Waals surface area contributed by atoms with E-state index in [1.54, 1.807) is 47.4 Å². The van der Waals surface area contributed by atoms with Crippen molar-refractivity contribution in [3.05, 3.63) is 60.2 Å². The Morgan fingerprint density at radius 2 is 1.73 bits per heavy atom. The molecule has 0 radical (unpaired) electrons. The highest BCUT2D eigenvalue weighted by molar-refractivity contribution is 7.92. The maximum atomic E-state index is 12.9. The minimum Gasteiger partial charge on any atom is -0.312 e. The van der Waals surface area contributed by atoms with Crippen LogP contribution >= 0.6 is 0 Å². The van der Waals surface area contributed by atoms with Crippen molar-refractivity contribution in [1.82, 2.24) is 10.2 Å². The summed E-state index contributed by atoms with van der Waals surface area (Å²) in [5, 5.41) is 7.68.